The van der Waals surface area contributed by atoms with Crippen molar-refractivity contribution in [3.05, 3.63) is 102 Å². The fraction of sp³-hybridized carbons (Fsp3) is 0.0417. The van der Waals surface area contributed by atoms with Crippen LogP contribution in [0.4, 0.5) is 5.69 Å². The Morgan fingerprint density at radius 2 is 1.58 bits per heavy atom. The highest BCUT2D eigenvalue weighted by Crippen LogP contribution is 2.17. The summed E-state index contributed by atoms with van der Waals surface area (Å²) in [5, 5.41) is 4.24. The highest BCUT2D eigenvalue weighted by molar-refractivity contribution is 7.80. The Bertz CT molecular complexity index is 1200. The molecule has 154 valence electrons. The maximum Gasteiger partial charge on any atom is 0.288 e. The third-order valence-electron chi connectivity index (χ3n) is 4.48. The molecule has 0 aliphatic carbocycles. The Labute approximate surface area is 185 Å². The van der Waals surface area contributed by atoms with Crippen LogP contribution in [0.2, 0.25) is 0 Å². The number of para-hydroxylation sites is 1. The second-order valence-corrected chi connectivity index (χ2v) is 7.13. The van der Waals surface area contributed by atoms with Gasteiger partial charge in [-0.2, -0.15) is 0 Å². The van der Waals surface area contributed by atoms with Gasteiger partial charge in [0, 0.05) is 11.1 Å². The Kier molecular flexibility index (Phi) is 6.35. The van der Waals surface area contributed by atoms with E-state index in [0.717, 1.165) is 27.9 Å². The number of ether oxygens (including phenoxy) is 1. The number of anilines is 1. The molecule has 0 saturated carbocycles. The zero-order valence-corrected chi connectivity index (χ0v) is 17.4. The van der Waals surface area contributed by atoms with Crippen LogP contribution in [0.1, 0.15) is 16.1 Å². The van der Waals surface area contributed by atoms with Gasteiger partial charge in [-0.25, -0.2) is 4.98 Å². The van der Waals surface area contributed by atoms with Crippen molar-refractivity contribution in [2.45, 2.75) is 6.61 Å². The number of rotatable bonds is 5. The number of pyridine rings is 1. The fourth-order valence-corrected chi connectivity index (χ4v) is 3.08. The van der Waals surface area contributed by atoms with Crippen LogP contribution in [0, 0.1) is 0 Å². The topological polar surface area (TPSA) is 75.3 Å². The average molecular weight is 429 g/mol. The predicted octanol–water partition coefficient (Wildman–Crippen LogP) is 4.45. The number of fused-ring (bicyclic) bond motifs is 1. The van der Waals surface area contributed by atoms with Gasteiger partial charge in [-0.05, 0) is 54.2 Å². The van der Waals surface area contributed by atoms with Gasteiger partial charge in [0.15, 0.2) is 5.11 Å². The minimum atomic E-state index is -0.375. The molecule has 1 aromatic heterocycles. The van der Waals surface area contributed by atoms with Gasteiger partial charge < -0.3 is 10.1 Å². The molecule has 1 heterocycles. The molecule has 31 heavy (non-hydrogen) atoms. The summed E-state index contributed by atoms with van der Waals surface area (Å²) in [5.74, 6) is 0.378. The number of hydrogen-bond donors (Lipinski definition) is 3. The summed E-state index contributed by atoms with van der Waals surface area (Å²) in [6.07, 6.45) is 0. The number of nitrogens with zero attached hydrogens (tertiary/aromatic N) is 1. The summed E-state index contributed by atoms with van der Waals surface area (Å²) in [6, 6.07) is 28.5. The van der Waals surface area contributed by atoms with Crippen LogP contribution in [0.25, 0.3) is 10.9 Å². The van der Waals surface area contributed by atoms with E-state index in [4.69, 9.17) is 17.0 Å². The lowest BCUT2D eigenvalue weighted by Gasteiger charge is -2.12. The molecular formula is C24H20N4O2S. The molecule has 0 fully saturated rings. The summed E-state index contributed by atoms with van der Waals surface area (Å²) < 4.78 is 5.77. The van der Waals surface area contributed by atoms with Crippen molar-refractivity contribution in [1.82, 2.24) is 15.8 Å². The standard InChI is InChI=1S/C24H20N4O2S/c29-23(22-15-10-18-8-4-5-9-21(18)26-22)27-28-24(31)25-19-11-13-20(14-12-19)30-16-17-6-2-1-3-7-17/h1-15H,16H2,(H,27,29)(H2,25,28,31). The van der Waals surface area contributed by atoms with Crippen molar-refractivity contribution in [2.75, 3.05) is 5.32 Å². The first kappa shape index (κ1) is 20.3. The second kappa shape index (κ2) is 9.69. The maximum atomic E-state index is 12.3. The van der Waals surface area contributed by atoms with E-state index in [1.54, 1.807) is 6.07 Å². The largest absolute Gasteiger partial charge is 0.489 e. The molecule has 3 N–H and O–H groups in total. The van der Waals surface area contributed by atoms with Crippen LogP contribution < -0.4 is 20.9 Å². The molecule has 3 aromatic carbocycles. The summed E-state index contributed by atoms with van der Waals surface area (Å²) in [5.41, 5.74) is 8.17. The average Bonchev–Trinajstić information content (AvgIpc) is 2.82. The van der Waals surface area contributed by atoms with E-state index in [2.05, 4.69) is 21.2 Å². The lowest BCUT2D eigenvalue weighted by molar-refractivity contribution is 0.0939. The molecule has 1 amide bonds. The van der Waals surface area contributed by atoms with Crippen molar-refractivity contribution in [3.63, 3.8) is 0 Å². The smallest absolute Gasteiger partial charge is 0.288 e. The molecule has 4 rings (SSSR count). The summed E-state index contributed by atoms with van der Waals surface area (Å²) in [7, 11) is 0. The van der Waals surface area contributed by atoms with E-state index >= 15 is 0 Å². The zero-order chi connectivity index (χ0) is 21.5. The number of benzene rings is 3. The fourth-order valence-electron chi connectivity index (χ4n) is 2.91. The second-order valence-electron chi connectivity index (χ2n) is 6.72. The lowest BCUT2D eigenvalue weighted by atomic mass is 10.2. The SMILES string of the molecule is O=C(NNC(=S)Nc1ccc(OCc2ccccc2)cc1)c1ccc2ccccc2n1. The van der Waals surface area contributed by atoms with Gasteiger partial charge >= 0.3 is 0 Å². The van der Waals surface area contributed by atoms with Crippen molar-refractivity contribution in [2.24, 2.45) is 0 Å². The molecule has 0 radical (unpaired) electrons. The van der Waals surface area contributed by atoms with Gasteiger partial charge in [0.2, 0.25) is 0 Å². The lowest BCUT2D eigenvalue weighted by Crippen LogP contribution is -2.44. The molecule has 0 aliphatic rings. The minimum absolute atomic E-state index is 0.257. The summed E-state index contributed by atoms with van der Waals surface area (Å²) in [4.78, 5) is 16.7. The van der Waals surface area contributed by atoms with Crippen LogP contribution in [0.3, 0.4) is 0 Å². The van der Waals surface area contributed by atoms with Crippen LogP contribution in [0.5, 0.6) is 5.75 Å². The number of hydrogen-bond acceptors (Lipinski definition) is 4. The van der Waals surface area contributed by atoms with E-state index in [9.17, 15) is 4.79 Å². The number of aromatic nitrogens is 1. The Morgan fingerprint density at radius 3 is 2.39 bits per heavy atom. The molecule has 0 saturated heterocycles. The first-order chi connectivity index (χ1) is 15.2. The number of thiocarbonyl (C=S) groups is 1. The van der Waals surface area contributed by atoms with E-state index in [1.165, 1.54) is 0 Å². The Morgan fingerprint density at radius 1 is 0.839 bits per heavy atom. The normalized spacial score (nSPS) is 10.3. The number of nitrogens with one attached hydrogen (secondary N) is 3. The number of amides is 1. The molecule has 0 spiro atoms. The van der Waals surface area contributed by atoms with Crippen molar-refractivity contribution in [1.29, 1.82) is 0 Å². The summed E-state index contributed by atoms with van der Waals surface area (Å²) in [6.45, 7) is 0.502. The maximum absolute atomic E-state index is 12.3. The van der Waals surface area contributed by atoms with Crippen LogP contribution in [-0.2, 0) is 6.61 Å². The predicted molar refractivity (Wildman–Crippen MR) is 126 cm³/mol. The van der Waals surface area contributed by atoms with Gasteiger partial charge in [0.25, 0.3) is 5.91 Å². The molecule has 6 nitrogen and oxygen atoms in total. The Hall–Kier alpha value is -3.97. The van der Waals surface area contributed by atoms with E-state index < -0.39 is 0 Å². The van der Waals surface area contributed by atoms with Gasteiger partial charge in [-0.15, -0.1) is 0 Å². The third-order valence-corrected chi connectivity index (χ3v) is 4.69. The summed E-state index contributed by atoms with van der Waals surface area (Å²) >= 11 is 5.24. The number of carbonyl (C=O) groups excluding carboxylic acids is 1. The van der Waals surface area contributed by atoms with Crippen LogP contribution in [0.15, 0.2) is 91.0 Å². The van der Waals surface area contributed by atoms with Crippen LogP contribution in [-0.4, -0.2) is 16.0 Å². The van der Waals surface area contributed by atoms with Crippen molar-refractivity contribution in [3.8, 4) is 5.75 Å². The molecular weight excluding hydrogens is 408 g/mol. The molecule has 7 heteroatoms. The minimum Gasteiger partial charge on any atom is -0.489 e. The van der Waals surface area contributed by atoms with Crippen molar-refractivity contribution >= 4 is 39.8 Å². The highest BCUT2D eigenvalue weighted by Gasteiger charge is 2.08. The van der Waals surface area contributed by atoms with E-state index in [-0.39, 0.29) is 11.0 Å². The van der Waals surface area contributed by atoms with Crippen molar-refractivity contribution < 1.29 is 9.53 Å². The third kappa shape index (κ3) is 5.55. The van der Waals surface area contributed by atoms with Gasteiger partial charge in [0.1, 0.15) is 18.1 Å². The first-order valence-electron chi connectivity index (χ1n) is 9.67. The molecule has 4 aromatic rings. The number of carbonyl (C=O) groups is 1. The Balaban J connectivity index is 1.26. The molecule has 0 aliphatic heterocycles. The van der Waals surface area contributed by atoms with E-state index in [1.807, 2.05) is 84.9 Å². The quantitative estimate of drug-likeness (QED) is 0.322. The molecule has 0 bridgehead atoms. The molecule has 0 unspecified atom stereocenters. The first-order valence-corrected chi connectivity index (χ1v) is 10.1. The van der Waals surface area contributed by atoms with E-state index in [0.29, 0.717) is 12.3 Å². The van der Waals surface area contributed by atoms with Gasteiger partial charge in [0.05, 0.1) is 5.52 Å². The number of hydrazine groups is 1. The zero-order valence-electron chi connectivity index (χ0n) is 16.5. The monoisotopic (exact) mass is 428 g/mol. The van der Waals surface area contributed by atoms with Gasteiger partial charge in [-0.3, -0.25) is 15.6 Å². The molecule has 0 atom stereocenters. The highest BCUT2D eigenvalue weighted by atomic mass is 32.1. The van der Waals surface area contributed by atoms with Crippen LogP contribution >= 0.6 is 12.2 Å². The van der Waals surface area contributed by atoms with Gasteiger partial charge in [-0.1, -0.05) is 54.6 Å².